The fourth-order valence-corrected chi connectivity index (χ4v) is 1.23. The second-order valence-electron chi connectivity index (χ2n) is 2.88. The molecule has 0 saturated heterocycles. The van der Waals surface area contributed by atoms with Crippen molar-refractivity contribution < 1.29 is 5.11 Å². The van der Waals surface area contributed by atoms with Gasteiger partial charge < -0.3 is 10.1 Å². The van der Waals surface area contributed by atoms with Gasteiger partial charge in [-0.2, -0.15) is 0 Å². The maximum absolute atomic E-state index is 9.01. The van der Waals surface area contributed by atoms with Gasteiger partial charge in [0.15, 0.2) is 0 Å². The molecule has 0 amide bonds. The van der Waals surface area contributed by atoms with E-state index in [1.165, 1.54) is 11.8 Å². The van der Waals surface area contributed by atoms with Gasteiger partial charge in [-0.15, -0.1) is 0 Å². The van der Waals surface area contributed by atoms with Crippen LogP contribution in [0.1, 0.15) is 11.4 Å². The first kappa shape index (κ1) is 7.86. The van der Waals surface area contributed by atoms with Crippen molar-refractivity contribution in [1.29, 1.82) is 0 Å². The molecule has 13 heavy (non-hydrogen) atoms. The topological polar surface area (TPSA) is 48.9 Å². The van der Waals surface area contributed by atoms with E-state index in [0.29, 0.717) is 0 Å². The highest BCUT2D eigenvalue weighted by molar-refractivity contribution is 5.20. The number of nitrogens with zero attached hydrogens (tertiary/aromatic N) is 1. The van der Waals surface area contributed by atoms with Gasteiger partial charge in [-0.3, -0.25) is 0 Å². The molecule has 0 radical (unpaired) electrons. The normalized spacial score (nSPS) is 10.2. The average Bonchev–Trinajstić information content (AvgIpc) is 2.53. The van der Waals surface area contributed by atoms with Gasteiger partial charge in [0.05, 0.1) is 6.20 Å². The number of H-pyrrole nitrogens is 1. The molecule has 0 atom stereocenters. The fourth-order valence-electron chi connectivity index (χ4n) is 1.23. The minimum Gasteiger partial charge on any atom is -0.493 e. The van der Waals surface area contributed by atoms with Crippen LogP contribution in [0.3, 0.4) is 0 Å². The largest absolute Gasteiger partial charge is 0.493 e. The quantitative estimate of drug-likeness (QED) is 0.728. The van der Waals surface area contributed by atoms with Crippen molar-refractivity contribution in [3.63, 3.8) is 0 Å². The van der Waals surface area contributed by atoms with Crippen LogP contribution in [0.2, 0.25) is 0 Å². The predicted molar refractivity (Wildman–Crippen MR) is 49.5 cm³/mol. The molecule has 0 spiro atoms. The summed E-state index contributed by atoms with van der Waals surface area (Å²) >= 11 is 0. The van der Waals surface area contributed by atoms with E-state index in [9.17, 15) is 0 Å². The number of aromatic nitrogens is 2. The van der Waals surface area contributed by atoms with Crippen LogP contribution in [0, 0.1) is 0 Å². The molecule has 2 rings (SSSR count). The first-order valence-electron chi connectivity index (χ1n) is 4.11. The van der Waals surface area contributed by atoms with Crippen LogP contribution < -0.4 is 0 Å². The van der Waals surface area contributed by atoms with Crippen LogP contribution >= 0.6 is 0 Å². The molecular weight excluding hydrogens is 164 g/mol. The zero-order chi connectivity index (χ0) is 9.10. The highest BCUT2D eigenvalue weighted by Crippen LogP contribution is 2.08. The maximum Gasteiger partial charge on any atom is 0.208 e. The van der Waals surface area contributed by atoms with Gasteiger partial charge in [0.1, 0.15) is 5.82 Å². The molecule has 0 bridgehead atoms. The third-order valence-corrected chi connectivity index (χ3v) is 1.83. The number of rotatable bonds is 2. The van der Waals surface area contributed by atoms with E-state index in [1.807, 2.05) is 30.3 Å². The predicted octanol–water partition coefficient (Wildman–Crippen LogP) is 1.71. The summed E-state index contributed by atoms with van der Waals surface area (Å²) in [4.78, 5) is 6.77. The molecule has 66 valence electrons. The van der Waals surface area contributed by atoms with Gasteiger partial charge in [-0.25, -0.2) is 4.98 Å². The van der Waals surface area contributed by atoms with Gasteiger partial charge in [0.25, 0.3) is 0 Å². The molecule has 1 aromatic heterocycles. The Morgan fingerprint density at radius 1 is 1.23 bits per heavy atom. The third kappa shape index (κ3) is 1.87. The number of imidazole rings is 1. The second kappa shape index (κ2) is 3.31. The van der Waals surface area contributed by atoms with E-state index in [-0.39, 0.29) is 5.88 Å². The Morgan fingerprint density at radius 2 is 2.00 bits per heavy atom. The summed E-state index contributed by atoms with van der Waals surface area (Å²) in [6, 6.07) is 10.00. The lowest BCUT2D eigenvalue weighted by Crippen LogP contribution is -1.89. The van der Waals surface area contributed by atoms with Crippen molar-refractivity contribution in [3.8, 4) is 5.88 Å². The standard InChI is InChI=1S/C10H10N2O/c13-10-7-11-9(12-10)6-8-4-2-1-3-5-8/h1-5,7,13H,6H2,(H,11,12). The average molecular weight is 174 g/mol. The van der Waals surface area contributed by atoms with Crippen molar-refractivity contribution in [2.75, 3.05) is 0 Å². The Hall–Kier alpha value is -1.77. The second-order valence-corrected chi connectivity index (χ2v) is 2.88. The van der Waals surface area contributed by atoms with E-state index in [0.717, 1.165) is 12.2 Å². The highest BCUT2D eigenvalue weighted by Gasteiger charge is 1.99. The number of aromatic amines is 1. The molecular formula is C10H10N2O. The Kier molecular flexibility index (Phi) is 2.00. The van der Waals surface area contributed by atoms with Crippen molar-refractivity contribution in [3.05, 3.63) is 47.9 Å². The lowest BCUT2D eigenvalue weighted by molar-refractivity contribution is 0.455. The molecule has 0 aliphatic carbocycles. The van der Waals surface area contributed by atoms with Crippen LogP contribution in [0.15, 0.2) is 36.5 Å². The summed E-state index contributed by atoms with van der Waals surface area (Å²) in [6.07, 6.45) is 2.14. The van der Waals surface area contributed by atoms with Crippen LogP contribution in [0.4, 0.5) is 0 Å². The van der Waals surface area contributed by atoms with E-state index >= 15 is 0 Å². The van der Waals surface area contributed by atoms with E-state index < -0.39 is 0 Å². The molecule has 0 unspecified atom stereocenters. The third-order valence-electron chi connectivity index (χ3n) is 1.83. The first-order chi connectivity index (χ1) is 6.34. The number of hydrogen-bond donors (Lipinski definition) is 2. The van der Waals surface area contributed by atoms with Crippen LogP contribution in [0.25, 0.3) is 0 Å². The summed E-state index contributed by atoms with van der Waals surface area (Å²) in [7, 11) is 0. The van der Waals surface area contributed by atoms with Crippen molar-refractivity contribution in [1.82, 2.24) is 9.97 Å². The molecule has 1 heterocycles. The monoisotopic (exact) mass is 174 g/mol. The summed E-state index contributed by atoms with van der Waals surface area (Å²) in [5.74, 6) is 0.898. The number of benzene rings is 1. The van der Waals surface area contributed by atoms with Crippen LogP contribution in [-0.2, 0) is 6.42 Å². The van der Waals surface area contributed by atoms with E-state index in [1.54, 1.807) is 0 Å². The minimum atomic E-state index is 0.117. The Bertz CT molecular complexity index is 381. The molecule has 0 saturated carbocycles. The molecule has 0 aliphatic rings. The van der Waals surface area contributed by atoms with Crippen molar-refractivity contribution in [2.45, 2.75) is 6.42 Å². The summed E-state index contributed by atoms with van der Waals surface area (Å²) in [6.45, 7) is 0. The SMILES string of the molecule is Oc1cnc(Cc2ccccc2)[nH]1. The van der Waals surface area contributed by atoms with Crippen LogP contribution in [0.5, 0.6) is 5.88 Å². The molecule has 2 aromatic rings. The van der Waals surface area contributed by atoms with Crippen molar-refractivity contribution >= 4 is 0 Å². The van der Waals surface area contributed by atoms with Gasteiger partial charge in [-0.1, -0.05) is 30.3 Å². The lowest BCUT2D eigenvalue weighted by Gasteiger charge is -1.95. The maximum atomic E-state index is 9.01. The number of aromatic hydroxyl groups is 1. The fraction of sp³-hybridized carbons (Fsp3) is 0.100. The van der Waals surface area contributed by atoms with E-state index in [2.05, 4.69) is 9.97 Å². The van der Waals surface area contributed by atoms with E-state index in [4.69, 9.17) is 5.11 Å². The van der Waals surface area contributed by atoms with Crippen molar-refractivity contribution in [2.24, 2.45) is 0 Å². The number of hydrogen-bond acceptors (Lipinski definition) is 2. The van der Waals surface area contributed by atoms with Gasteiger partial charge in [0, 0.05) is 6.42 Å². The zero-order valence-electron chi connectivity index (χ0n) is 7.07. The molecule has 3 nitrogen and oxygen atoms in total. The Balaban J connectivity index is 2.15. The van der Waals surface area contributed by atoms with Gasteiger partial charge in [0.2, 0.25) is 5.88 Å². The lowest BCUT2D eigenvalue weighted by atomic mass is 10.1. The summed E-state index contributed by atoms with van der Waals surface area (Å²) in [5, 5.41) is 9.01. The Labute approximate surface area is 76.1 Å². The molecule has 2 N–H and O–H groups in total. The summed E-state index contributed by atoms with van der Waals surface area (Å²) < 4.78 is 0. The molecule has 0 fully saturated rings. The van der Waals surface area contributed by atoms with Crippen LogP contribution in [-0.4, -0.2) is 15.1 Å². The summed E-state index contributed by atoms with van der Waals surface area (Å²) in [5.41, 5.74) is 1.18. The number of nitrogens with one attached hydrogen (secondary N) is 1. The Morgan fingerprint density at radius 3 is 2.62 bits per heavy atom. The molecule has 3 heteroatoms. The smallest absolute Gasteiger partial charge is 0.208 e. The highest BCUT2D eigenvalue weighted by atomic mass is 16.3. The van der Waals surface area contributed by atoms with Gasteiger partial charge in [-0.05, 0) is 5.56 Å². The zero-order valence-corrected chi connectivity index (χ0v) is 7.07. The van der Waals surface area contributed by atoms with Gasteiger partial charge >= 0.3 is 0 Å². The molecule has 0 aliphatic heterocycles. The minimum absolute atomic E-state index is 0.117. The molecule has 1 aromatic carbocycles. The first-order valence-corrected chi connectivity index (χ1v) is 4.11.